The molecule has 2 aliphatic rings. The maximum absolute atomic E-state index is 13.1. The molecule has 0 aliphatic carbocycles. The molecule has 1 N–H and O–H groups in total. The Kier molecular flexibility index (Phi) is 3.93. The van der Waals surface area contributed by atoms with Crippen molar-refractivity contribution in [1.29, 1.82) is 0 Å². The third kappa shape index (κ3) is 2.81. The van der Waals surface area contributed by atoms with Gasteiger partial charge in [-0.05, 0) is 19.0 Å². The zero-order chi connectivity index (χ0) is 13.9. The molecule has 5 nitrogen and oxygen atoms in total. The van der Waals surface area contributed by atoms with Gasteiger partial charge in [0.25, 0.3) is 5.91 Å². The third-order valence-corrected chi connectivity index (χ3v) is 4.10. The second-order valence-electron chi connectivity index (χ2n) is 5.37. The van der Waals surface area contributed by atoms with Crippen molar-refractivity contribution in [2.24, 2.45) is 0 Å². The maximum atomic E-state index is 13.1. The van der Waals surface area contributed by atoms with E-state index in [1.165, 1.54) is 18.7 Å². The van der Waals surface area contributed by atoms with E-state index in [0.29, 0.717) is 24.7 Å². The second-order valence-corrected chi connectivity index (χ2v) is 5.37. The number of piperazine rings is 1. The first kappa shape index (κ1) is 13.5. The van der Waals surface area contributed by atoms with E-state index in [-0.39, 0.29) is 5.91 Å². The van der Waals surface area contributed by atoms with Crippen molar-refractivity contribution in [3.63, 3.8) is 0 Å². The van der Waals surface area contributed by atoms with Gasteiger partial charge < -0.3 is 10.2 Å². The largest absolute Gasteiger partial charge is 0.336 e. The summed E-state index contributed by atoms with van der Waals surface area (Å²) in [6.45, 7) is 5.31. The number of pyridine rings is 1. The summed E-state index contributed by atoms with van der Waals surface area (Å²) in [6, 6.07) is 1.85. The predicted molar refractivity (Wildman–Crippen MR) is 72.9 cm³/mol. The van der Waals surface area contributed by atoms with Crippen molar-refractivity contribution in [3.05, 3.63) is 29.8 Å². The molecule has 1 atom stereocenters. The number of nitrogens with one attached hydrogen (secondary N) is 1. The number of hydrogen-bond acceptors (Lipinski definition) is 4. The lowest BCUT2D eigenvalue weighted by Gasteiger charge is -2.37. The Labute approximate surface area is 117 Å². The molecule has 2 aliphatic heterocycles. The van der Waals surface area contributed by atoms with E-state index in [1.807, 2.05) is 0 Å². The first-order chi connectivity index (χ1) is 9.74. The minimum Gasteiger partial charge on any atom is -0.336 e. The lowest BCUT2D eigenvalue weighted by Crippen LogP contribution is -2.52. The summed E-state index contributed by atoms with van der Waals surface area (Å²) in [5, 5.41) is 3.36. The Morgan fingerprint density at radius 3 is 2.75 bits per heavy atom. The molecule has 3 rings (SSSR count). The molecular formula is C14H19FN4O. The fraction of sp³-hybridized carbons (Fsp3) is 0.571. The Bertz CT molecular complexity index is 482. The molecule has 0 aromatic carbocycles. The summed E-state index contributed by atoms with van der Waals surface area (Å²) < 4.78 is 13.1. The quantitative estimate of drug-likeness (QED) is 0.847. The molecule has 6 heteroatoms. The standard InChI is InChI=1S/C14H19FN4O/c15-12-7-11(8-17-9-12)14(20)19-5-3-18(4-6-19)13-1-2-16-10-13/h7-9,13,16H,1-6,10H2. The third-order valence-electron chi connectivity index (χ3n) is 4.10. The summed E-state index contributed by atoms with van der Waals surface area (Å²) in [5.41, 5.74) is 0.334. The average molecular weight is 278 g/mol. The number of nitrogens with zero attached hydrogens (tertiary/aromatic N) is 3. The van der Waals surface area contributed by atoms with E-state index in [1.54, 1.807) is 4.90 Å². The normalized spacial score (nSPS) is 24.1. The SMILES string of the molecule is O=C(c1cncc(F)c1)N1CCN(C2CCNC2)CC1. The van der Waals surface area contributed by atoms with Crippen LogP contribution in [-0.4, -0.2) is 66.0 Å². The van der Waals surface area contributed by atoms with Crippen molar-refractivity contribution in [3.8, 4) is 0 Å². The Hall–Kier alpha value is -1.53. The second kappa shape index (κ2) is 5.85. The number of rotatable bonds is 2. The van der Waals surface area contributed by atoms with Gasteiger partial charge in [0, 0.05) is 45.0 Å². The number of carbonyl (C=O) groups excluding carboxylic acids is 1. The van der Waals surface area contributed by atoms with Crippen molar-refractivity contribution in [2.75, 3.05) is 39.3 Å². The van der Waals surface area contributed by atoms with Gasteiger partial charge in [-0.1, -0.05) is 0 Å². The molecule has 0 spiro atoms. The summed E-state index contributed by atoms with van der Waals surface area (Å²) in [5.74, 6) is -0.590. The molecule has 3 heterocycles. The van der Waals surface area contributed by atoms with Gasteiger partial charge in [-0.15, -0.1) is 0 Å². The average Bonchev–Trinajstić information content (AvgIpc) is 3.01. The first-order valence-corrected chi connectivity index (χ1v) is 7.08. The van der Waals surface area contributed by atoms with Crippen LogP contribution in [-0.2, 0) is 0 Å². The highest BCUT2D eigenvalue weighted by Crippen LogP contribution is 2.14. The smallest absolute Gasteiger partial charge is 0.255 e. The van der Waals surface area contributed by atoms with Gasteiger partial charge in [-0.25, -0.2) is 4.39 Å². The van der Waals surface area contributed by atoms with E-state index < -0.39 is 5.82 Å². The summed E-state index contributed by atoms with van der Waals surface area (Å²) in [6.07, 6.45) is 3.72. The molecule has 2 fully saturated rings. The number of carbonyl (C=O) groups is 1. The Balaban J connectivity index is 1.58. The van der Waals surface area contributed by atoms with Crippen LogP contribution < -0.4 is 5.32 Å². The molecule has 20 heavy (non-hydrogen) atoms. The van der Waals surface area contributed by atoms with Gasteiger partial charge in [-0.2, -0.15) is 0 Å². The summed E-state index contributed by atoms with van der Waals surface area (Å²) in [7, 11) is 0. The number of halogens is 1. The van der Waals surface area contributed by atoms with E-state index in [4.69, 9.17) is 0 Å². The van der Waals surface area contributed by atoms with E-state index in [2.05, 4.69) is 15.2 Å². The summed E-state index contributed by atoms with van der Waals surface area (Å²) in [4.78, 5) is 20.2. The van der Waals surface area contributed by atoms with Crippen molar-refractivity contribution >= 4 is 5.91 Å². The topological polar surface area (TPSA) is 48.5 Å². The molecule has 0 bridgehead atoms. The van der Waals surface area contributed by atoms with E-state index in [9.17, 15) is 9.18 Å². The number of hydrogen-bond donors (Lipinski definition) is 1. The molecule has 0 radical (unpaired) electrons. The zero-order valence-electron chi connectivity index (χ0n) is 11.4. The van der Waals surface area contributed by atoms with Gasteiger partial charge in [0.15, 0.2) is 0 Å². The lowest BCUT2D eigenvalue weighted by atomic mass is 10.1. The van der Waals surface area contributed by atoms with Gasteiger partial charge in [-0.3, -0.25) is 14.7 Å². The molecule has 0 saturated carbocycles. The molecule has 1 unspecified atom stereocenters. The fourth-order valence-electron chi connectivity index (χ4n) is 2.95. The van der Waals surface area contributed by atoms with Gasteiger partial charge >= 0.3 is 0 Å². The number of amides is 1. The maximum Gasteiger partial charge on any atom is 0.255 e. The van der Waals surface area contributed by atoms with Crippen LogP contribution >= 0.6 is 0 Å². The zero-order valence-corrected chi connectivity index (χ0v) is 11.4. The highest BCUT2D eigenvalue weighted by molar-refractivity contribution is 5.94. The molecular weight excluding hydrogens is 259 g/mol. The highest BCUT2D eigenvalue weighted by Gasteiger charge is 2.28. The van der Waals surface area contributed by atoms with Crippen LogP contribution in [0, 0.1) is 5.82 Å². The van der Waals surface area contributed by atoms with Crippen molar-refractivity contribution < 1.29 is 9.18 Å². The van der Waals surface area contributed by atoms with Crippen LogP contribution in [0.4, 0.5) is 4.39 Å². The highest BCUT2D eigenvalue weighted by atomic mass is 19.1. The molecule has 2 saturated heterocycles. The molecule has 1 amide bonds. The minimum atomic E-state index is -0.466. The van der Waals surface area contributed by atoms with Crippen LogP contribution in [0.2, 0.25) is 0 Å². The van der Waals surface area contributed by atoms with E-state index >= 15 is 0 Å². The first-order valence-electron chi connectivity index (χ1n) is 7.08. The van der Waals surface area contributed by atoms with Crippen LogP contribution in [0.15, 0.2) is 18.5 Å². The fourth-order valence-corrected chi connectivity index (χ4v) is 2.95. The van der Waals surface area contributed by atoms with Crippen LogP contribution in [0.25, 0.3) is 0 Å². The molecule has 1 aromatic rings. The van der Waals surface area contributed by atoms with Crippen LogP contribution in [0.1, 0.15) is 16.8 Å². The van der Waals surface area contributed by atoms with Crippen molar-refractivity contribution in [2.45, 2.75) is 12.5 Å². The Morgan fingerprint density at radius 1 is 1.30 bits per heavy atom. The minimum absolute atomic E-state index is 0.124. The predicted octanol–water partition coefficient (Wildman–Crippen LogP) is 0.340. The Morgan fingerprint density at radius 2 is 2.10 bits per heavy atom. The van der Waals surface area contributed by atoms with Gasteiger partial charge in [0.1, 0.15) is 5.82 Å². The lowest BCUT2D eigenvalue weighted by molar-refractivity contribution is 0.0583. The van der Waals surface area contributed by atoms with Crippen LogP contribution in [0.3, 0.4) is 0 Å². The summed E-state index contributed by atoms with van der Waals surface area (Å²) >= 11 is 0. The van der Waals surface area contributed by atoms with E-state index in [0.717, 1.165) is 32.4 Å². The van der Waals surface area contributed by atoms with Gasteiger partial charge in [0.05, 0.1) is 11.8 Å². The number of aromatic nitrogens is 1. The monoisotopic (exact) mass is 278 g/mol. The van der Waals surface area contributed by atoms with Gasteiger partial charge in [0.2, 0.25) is 0 Å². The van der Waals surface area contributed by atoms with Crippen LogP contribution in [0.5, 0.6) is 0 Å². The van der Waals surface area contributed by atoms with Crippen molar-refractivity contribution in [1.82, 2.24) is 20.1 Å². The molecule has 108 valence electrons. The molecule has 1 aromatic heterocycles.